The number of rotatable bonds is 2. The number of aryl methyl sites for hydroxylation is 1. The Hall–Kier alpha value is -0.510. The largest absolute Gasteiger partial charge is 0.363 e. The maximum Gasteiger partial charge on any atom is 0.194 e. The van der Waals surface area contributed by atoms with Gasteiger partial charge in [0.15, 0.2) is 6.29 Å². The normalized spacial score (nSPS) is 13.0. The van der Waals surface area contributed by atoms with Crippen LogP contribution in [0.1, 0.15) is 17.4 Å². The van der Waals surface area contributed by atoms with Crippen LogP contribution in [0.5, 0.6) is 0 Å². The quantitative estimate of drug-likeness (QED) is 0.403. The summed E-state index contributed by atoms with van der Waals surface area (Å²) in [4.78, 5) is 0. The summed E-state index contributed by atoms with van der Waals surface area (Å²) < 4.78 is 4.43. The van der Waals surface area contributed by atoms with E-state index in [2.05, 4.69) is 17.1 Å². The molecule has 1 rings (SSSR count). The predicted molar refractivity (Wildman–Crippen MR) is 46.2 cm³/mol. The lowest BCUT2D eigenvalue weighted by Gasteiger charge is -2.06. The van der Waals surface area contributed by atoms with Gasteiger partial charge in [0, 0.05) is 5.56 Å². The van der Waals surface area contributed by atoms with Gasteiger partial charge >= 0.3 is 0 Å². The Kier molecular flexibility index (Phi) is 2.93. The van der Waals surface area contributed by atoms with E-state index in [1.165, 1.54) is 0 Å². The molecule has 0 aliphatic heterocycles. The molecule has 0 bridgehead atoms. The van der Waals surface area contributed by atoms with Crippen molar-refractivity contribution in [1.82, 2.24) is 0 Å². The molecule has 0 fully saturated rings. The van der Waals surface area contributed by atoms with Crippen LogP contribution in [0.15, 0.2) is 24.3 Å². The minimum Gasteiger partial charge on any atom is -0.363 e. The highest BCUT2D eigenvalue weighted by Crippen LogP contribution is 2.15. The highest BCUT2D eigenvalue weighted by molar-refractivity contribution is 7.75. The molecule has 0 aromatic heterocycles. The number of aliphatic hydroxyl groups is 1. The van der Waals surface area contributed by atoms with Crippen molar-refractivity contribution in [2.45, 2.75) is 13.2 Å². The van der Waals surface area contributed by atoms with Gasteiger partial charge in [0.1, 0.15) is 0 Å². The third-order valence-corrected chi connectivity index (χ3v) is 1.66. The summed E-state index contributed by atoms with van der Waals surface area (Å²) in [6, 6.07) is 7.42. The van der Waals surface area contributed by atoms with Crippen molar-refractivity contribution in [2.75, 3.05) is 0 Å². The first-order valence-electron chi connectivity index (χ1n) is 3.29. The van der Waals surface area contributed by atoms with Crippen molar-refractivity contribution in [3.05, 3.63) is 35.4 Å². The molecule has 0 aliphatic carbocycles. The Morgan fingerprint density at radius 1 is 1.36 bits per heavy atom. The van der Waals surface area contributed by atoms with Crippen LogP contribution in [0.4, 0.5) is 0 Å². The van der Waals surface area contributed by atoms with Gasteiger partial charge in [-0.25, -0.2) is 0 Å². The Morgan fingerprint density at radius 2 is 1.91 bits per heavy atom. The summed E-state index contributed by atoms with van der Waals surface area (Å²) in [5.41, 5.74) is 1.87. The Balaban J connectivity index is 2.81. The first-order valence-corrected chi connectivity index (χ1v) is 3.65. The fourth-order valence-electron chi connectivity index (χ4n) is 0.792. The second-order valence-electron chi connectivity index (χ2n) is 2.37. The molecule has 0 heterocycles. The lowest BCUT2D eigenvalue weighted by molar-refractivity contribution is -0.000482. The molecule has 0 spiro atoms. The van der Waals surface area contributed by atoms with Crippen molar-refractivity contribution >= 4 is 12.9 Å². The third kappa shape index (κ3) is 2.22. The summed E-state index contributed by atoms with van der Waals surface area (Å²) in [6.07, 6.45) is -0.932. The molecule has 0 saturated heterocycles. The standard InChI is InChI=1S/C8H10O2S/c1-6-2-4-7(5-3-6)8(9)10-11/h2-5,8-9,11H,1H3. The third-order valence-electron chi connectivity index (χ3n) is 1.46. The Morgan fingerprint density at radius 3 is 2.36 bits per heavy atom. The zero-order valence-corrected chi connectivity index (χ0v) is 7.08. The van der Waals surface area contributed by atoms with Crippen LogP contribution in [0.25, 0.3) is 0 Å². The van der Waals surface area contributed by atoms with E-state index in [1.54, 1.807) is 12.1 Å². The topological polar surface area (TPSA) is 29.5 Å². The first kappa shape index (κ1) is 8.59. The molecule has 1 unspecified atom stereocenters. The minimum absolute atomic E-state index is 0.714. The van der Waals surface area contributed by atoms with Gasteiger partial charge in [-0.2, -0.15) is 0 Å². The predicted octanol–water partition coefficient (Wildman–Crippen LogP) is 1.85. The second kappa shape index (κ2) is 3.76. The summed E-state index contributed by atoms with van der Waals surface area (Å²) in [6.45, 7) is 1.98. The smallest absolute Gasteiger partial charge is 0.194 e. The van der Waals surface area contributed by atoms with E-state index in [9.17, 15) is 0 Å². The molecule has 1 aromatic carbocycles. The molecule has 0 amide bonds. The zero-order valence-electron chi connectivity index (χ0n) is 6.19. The molecular formula is C8H10O2S. The van der Waals surface area contributed by atoms with Gasteiger partial charge < -0.3 is 5.11 Å². The van der Waals surface area contributed by atoms with Crippen LogP contribution < -0.4 is 0 Å². The number of thiol groups is 1. The van der Waals surface area contributed by atoms with Gasteiger partial charge in [0.05, 0.1) is 0 Å². The molecule has 11 heavy (non-hydrogen) atoms. The van der Waals surface area contributed by atoms with E-state index in [1.807, 2.05) is 19.1 Å². The second-order valence-corrected chi connectivity index (χ2v) is 2.58. The average Bonchev–Trinajstić information content (AvgIpc) is 2.05. The molecule has 0 saturated carbocycles. The molecule has 1 N–H and O–H groups in total. The fraction of sp³-hybridized carbons (Fsp3) is 0.250. The van der Waals surface area contributed by atoms with Crippen molar-refractivity contribution < 1.29 is 9.29 Å². The molecule has 1 aromatic rings. The van der Waals surface area contributed by atoms with Crippen LogP contribution in [0, 0.1) is 6.92 Å². The highest BCUT2D eigenvalue weighted by atomic mass is 32.1. The highest BCUT2D eigenvalue weighted by Gasteiger charge is 2.03. The molecule has 1 atom stereocenters. The number of hydrogen-bond acceptors (Lipinski definition) is 3. The number of aliphatic hydroxyl groups excluding tert-OH is 1. The number of hydrogen-bond donors (Lipinski definition) is 2. The maximum absolute atomic E-state index is 9.12. The van der Waals surface area contributed by atoms with Gasteiger partial charge in [0.25, 0.3) is 0 Å². The Labute approximate surface area is 71.4 Å². The minimum atomic E-state index is -0.932. The van der Waals surface area contributed by atoms with Crippen LogP contribution in [0.2, 0.25) is 0 Å². The van der Waals surface area contributed by atoms with Crippen molar-refractivity contribution in [1.29, 1.82) is 0 Å². The summed E-state index contributed by atoms with van der Waals surface area (Å²) in [5.74, 6) is 0. The van der Waals surface area contributed by atoms with Crippen LogP contribution in [0.3, 0.4) is 0 Å². The first-order chi connectivity index (χ1) is 5.24. The van der Waals surface area contributed by atoms with Crippen LogP contribution in [-0.2, 0) is 4.18 Å². The summed E-state index contributed by atoms with van der Waals surface area (Å²) >= 11 is 3.50. The fourth-order valence-corrected chi connectivity index (χ4v) is 0.914. The van der Waals surface area contributed by atoms with Crippen molar-refractivity contribution in [3.8, 4) is 0 Å². The van der Waals surface area contributed by atoms with Crippen LogP contribution in [-0.4, -0.2) is 5.11 Å². The molecule has 0 aliphatic rings. The van der Waals surface area contributed by atoms with Crippen LogP contribution >= 0.6 is 12.9 Å². The summed E-state index contributed by atoms with van der Waals surface area (Å²) in [5, 5.41) is 9.12. The molecule has 60 valence electrons. The van der Waals surface area contributed by atoms with E-state index in [-0.39, 0.29) is 0 Å². The number of benzene rings is 1. The van der Waals surface area contributed by atoms with Gasteiger partial charge in [-0.05, 0) is 19.8 Å². The lowest BCUT2D eigenvalue weighted by atomic mass is 10.1. The van der Waals surface area contributed by atoms with Crippen molar-refractivity contribution in [2.24, 2.45) is 0 Å². The average molecular weight is 170 g/mol. The molecule has 2 nitrogen and oxygen atoms in total. The van der Waals surface area contributed by atoms with E-state index >= 15 is 0 Å². The maximum atomic E-state index is 9.12. The van der Waals surface area contributed by atoms with E-state index in [4.69, 9.17) is 5.11 Å². The molecule has 3 heteroatoms. The molecule has 0 radical (unpaired) electrons. The Bertz CT molecular complexity index is 220. The van der Waals surface area contributed by atoms with Gasteiger partial charge in [-0.3, -0.25) is 4.18 Å². The van der Waals surface area contributed by atoms with Crippen molar-refractivity contribution in [3.63, 3.8) is 0 Å². The van der Waals surface area contributed by atoms with Gasteiger partial charge in [0.2, 0.25) is 0 Å². The van der Waals surface area contributed by atoms with Gasteiger partial charge in [-0.15, -0.1) is 0 Å². The lowest BCUT2D eigenvalue weighted by Crippen LogP contribution is -1.95. The van der Waals surface area contributed by atoms with E-state index in [0.717, 1.165) is 5.56 Å². The van der Waals surface area contributed by atoms with E-state index in [0.29, 0.717) is 5.56 Å². The summed E-state index contributed by atoms with van der Waals surface area (Å²) in [7, 11) is 0. The monoisotopic (exact) mass is 170 g/mol. The van der Waals surface area contributed by atoms with E-state index < -0.39 is 6.29 Å². The zero-order chi connectivity index (χ0) is 8.27. The van der Waals surface area contributed by atoms with Gasteiger partial charge in [-0.1, -0.05) is 29.8 Å². The SMILES string of the molecule is Cc1ccc(C(O)OS)cc1. The molecular weight excluding hydrogens is 160 g/mol.